The second kappa shape index (κ2) is 6.25. The van der Waals surface area contributed by atoms with Gasteiger partial charge in [-0.05, 0) is 38.1 Å². The van der Waals surface area contributed by atoms with Gasteiger partial charge in [-0.25, -0.2) is 0 Å². The van der Waals surface area contributed by atoms with Crippen molar-refractivity contribution in [3.05, 3.63) is 34.6 Å². The Kier molecular flexibility index (Phi) is 4.37. The third-order valence-electron chi connectivity index (χ3n) is 3.41. The van der Waals surface area contributed by atoms with E-state index in [9.17, 15) is 0 Å². The van der Waals surface area contributed by atoms with Crippen molar-refractivity contribution in [2.75, 3.05) is 13.1 Å². The van der Waals surface area contributed by atoms with E-state index in [-0.39, 0.29) is 12.2 Å². The van der Waals surface area contributed by atoms with Gasteiger partial charge < -0.3 is 9.15 Å². The highest BCUT2D eigenvalue weighted by atomic mass is 79.9. The molecule has 5 nitrogen and oxygen atoms in total. The Balaban J connectivity index is 1.69. The first kappa shape index (κ1) is 14.7. The zero-order valence-electron chi connectivity index (χ0n) is 12.1. The van der Waals surface area contributed by atoms with Crippen LogP contribution in [0, 0.1) is 0 Å². The molecule has 2 aromatic rings. The van der Waals surface area contributed by atoms with Gasteiger partial charge in [-0.2, -0.15) is 0 Å². The van der Waals surface area contributed by atoms with E-state index in [2.05, 4.69) is 44.9 Å². The predicted molar refractivity (Wildman–Crippen MR) is 82.7 cm³/mol. The Morgan fingerprint density at radius 3 is 2.48 bits per heavy atom. The summed E-state index contributed by atoms with van der Waals surface area (Å²) in [6.45, 7) is 6.62. The molecule has 0 aliphatic carbocycles. The number of hydrogen-bond acceptors (Lipinski definition) is 5. The fraction of sp³-hybridized carbons (Fsp3) is 0.467. The lowest BCUT2D eigenvalue weighted by Gasteiger charge is -2.34. The predicted octanol–water partition coefficient (Wildman–Crippen LogP) is 3.11. The van der Waals surface area contributed by atoms with E-state index in [1.165, 1.54) is 0 Å². The van der Waals surface area contributed by atoms with E-state index in [4.69, 9.17) is 9.15 Å². The molecule has 21 heavy (non-hydrogen) atoms. The van der Waals surface area contributed by atoms with Gasteiger partial charge in [0.2, 0.25) is 11.8 Å². The van der Waals surface area contributed by atoms with Gasteiger partial charge in [0.05, 0.1) is 18.8 Å². The van der Waals surface area contributed by atoms with E-state index >= 15 is 0 Å². The zero-order valence-corrected chi connectivity index (χ0v) is 13.7. The minimum absolute atomic E-state index is 0.239. The van der Waals surface area contributed by atoms with Gasteiger partial charge in [0.25, 0.3) is 0 Å². The van der Waals surface area contributed by atoms with Gasteiger partial charge in [0.1, 0.15) is 0 Å². The highest BCUT2D eigenvalue weighted by molar-refractivity contribution is 9.10. The lowest BCUT2D eigenvalue weighted by Crippen LogP contribution is -2.44. The Labute approximate surface area is 132 Å². The minimum Gasteiger partial charge on any atom is -0.419 e. The molecule has 1 aliphatic rings. The average molecular weight is 352 g/mol. The Bertz CT molecular complexity index is 589. The van der Waals surface area contributed by atoms with Gasteiger partial charge in [-0.15, -0.1) is 10.2 Å². The minimum atomic E-state index is 0.239. The maximum absolute atomic E-state index is 5.76. The van der Waals surface area contributed by atoms with Crippen LogP contribution in [0.3, 0.4) is 0 Å². The van der Waals surface area contributed by atoms with Crippen molar-refractivity contribution in [2.45, 2.75) is 32.6 Å². The smallest absolute Gasteiger partial charge is 0.247 e. The summed E-state index contributed by atoms with van der Waals surface area (Å²) in [4.78, 5) is 2.29. The summed E-state index contributed by atoms with van der Waals surface area (Å²) >= 11 is 3.41. The Morgan fingerprint density at radius 2 is 1.81 bits per heavy atom. The molecule has 0 radical (unpaired) electrons. The Hall–Kier alpha value is -1.24. The maximum atomic E-state index is 5.76. The van der Waals surface area contributed by atoms with Crippen LogP contribution in [-0.2, 0) is 11.3 Å². The molecule has 112 valence electrons. The molecule has 1 fully saturated rings. The molecule has 0 amide bonds. The van der Waals surface area contributed by atoms with E-state index in [1.54, 1.807) is 0 Å². The number of halogens is 1. The number of benzene rings is 1. The SMILES string of the molecule is CC1CN(Cc2nnc(-c3ccc(Br)cc3)o2)CC(C)O1. The fourth-order valence-corrected chi connectivity index (χ4v) is 2.90. The first-order valence-electron chi connectivity index (χ1n) is 7.06. The highest BCUT2D eigenvalue weighted by Gasteiger charge is 2.23. The van der Waals surface area contributed by atoms with Crippen LogP contribution in [0.5, 0.6) is 0 Å². The molecule has 0 spiro atoms. The van der Waals surface area contributed by atoms with Crippen molar-refractivity contribution in [1.82, 2.24) is 15.1 Å². The van der Waals surface area contributed by atoms with Gasteiger partial charge in [-0.1, -0.05) is 15.9 Å². The fourth-order valence-electron chi connectivity index (χ4n) is 2.63. The molecule has 2 unspecified atom stereocenters. The van der Waals surface area contributed by atoms with E-state index in [0.29, 0.717) is 18.3 Å². The molecular formula is C15H18BrN3O2. The summed E-state index contributed by atoms with van der Waals surface area (Å²) in [6.07, 6.45) is 0.477. The largest absolute Gasteiger partial charge is 0.419 e. The molecule has 0 bridgehead atoms. The van der Waals surface area contributed by atoms with Crippen LogP contribution >= 0.6 is 15.9 Å². The second-order valence-electron chi connectivity index (χ2n) is 5.46. The van der Waals surface area contributed by atoms with E-state index < -0.39 is 0 Å². The van der Waals surface area contributed by atoms with E-state index in [0.717, 1.165) is 23.1 Å². The molecular weight excluding hydrogens is 334 g/mol. The topological polar surface area (TPSA) is 51.4 Å². The molecule has 1 saturated heterocycles. The molecule has 0 N–H and O–H groups in total. The summed E-state index contributed by atoms with van der Waals surface area (Å²) in [5.41, 5.74) is 0.931. The van der Waals surface area contributed by atoms with Crippen LogP contribution in [-0.4, -0.2) is 40.4 Å². The molecule has 6 heteroatoms. The van der Waals surface area contributed by atoms with Crippen molar-refractivity contribution in [3.8, 4) is 11.5 Å². The zero-order chi connectivity index (χ0) is 14.8. The molecule has 1 aliphatic heterocycles. The number of hydrogen-bond donors (Lipinski definition) is 0. The van der Waals surface area contributed by atoms with Crippen molar-refractivity contribution >= 4 is 15.9 Å². The van der Waals surface area contributed by atoms with Crippen LogP contribution in [0.1, 0.15) is 19.7 Å². The standard InChI is InChI=1S/C15H18BrN3O2/c1-10-7-19(8-11(2)20-10)9-14-17-18-15(21-14)12-3-5-13(16)6-4-12/h3-6,10-11H,7-9H2,1-2H3. The quantitative estimate of drug-likeness (QED) is 0.850. The van der Waals surface area contributed by atoms with Crippen LogP contribution < -0.4 is 0 Å². The van der Waals surface area contributed by atoms with E-state index in [1.807, 2.05) is 24.3 Å². The lowest BCUT2D eigenvalue weighted by atomic mass is 10.2. The van der Waals surface area contributed by atoms with Gasteiger partial charge in [0, 0.05) is 23.1 Å². The number of nitrogens with zero attached hydrogens (tertiary/aromatic N) is 3. The second-order valence-corrected chi connectivity index (χ2v) is 6.37. The van der Waals surface area contributed by atoms with Crippen molar-refractivity contribution in [1.29, 1.82) is 0 Å². The third kappa shape index (κ3) is 3.70. The summed E-state index contributed by atoms with van der Waals surface area (Å²) in [5.74, 6) is 1.21. The summed E-state index contributed by atoms with van der Waals surface area (Å²) in [6, 6.07) is 7.84. The molecule has 2 heterocycles. The van der Waals surface area contributed by atoms with Crippen molar-refractivity contribution in [3.63, 3.8) is 0 Å². The first-order valence-corrected chi connectivity index (χ1v) is 7.85. The van der Waals surface area contributed by atoms with Crippen molar-refractivity contribution < 1.29 is 9.15 Å². The van der Waals surface area contributed by atoms with Crippen LogP contribution in [0.15, 0.2) is 33.2 Å². The Morgan fingerprint density at radius 1 is 1.14 bits per heavy atom. The van der Waals surface area contributed by atoms with Crippen molar-refractivity contribution in [2.24, 2.45) is 0 Å². The molecule has 3 rings (SSSR count). The van der Waals surface area contributed by atoms with Crippen LogP contribution in [0.25, 0.3) is 11.5 Å². The summed E-state index contributed by atoms with van der Waals surface area (Å²) < 4.78 is 12.5. The lowest BCUT2D eigenvalue weighted by molar-refractivity contribution is -0.0721. The first-order chi connectivity index (χ1) is 10.1. The number of morpholine rings is 1. The average Bonchev–Trinajstić information content (AvgIpc) is 2.87. The monoisotopic (exact) mass is 351 g/mol. The third-order valence-corrected chi connectivity index (χ3v) is 3.94. The highest BCUT2D eigenvalue weighted by Crippen LogP contribution is 2.21. The molecule has 1 aromatic carbocycles. The summed E-state index contributed by atoms with van der Waals surface area (Å²) in [7, 11) is 0. The maximum Gasteiger partial charge on any atom is 0.247 e. The number of ether oxygens (including phenoxy) is 1. The number of rotatable bonds is 3. The normalized spacial score (nSPS) is 23.4. The van der Waals surface area contributed by atoms with Crippen LogP contribution in [0.4, 0.5) is 0 Å². The van der Waals surface area contributed by atoms with Gasteiger partial charge in [-0.3, -0.25) is 4.90 Å². The molecule has 1 aromatic heterocycles. The number of aromatic nitrogens is 2. The molecule has 0 saturated carbocycles. The van der Waals surface area contributed by atoms with Gasteiger partial charge >= 0.3 is 0 Å². The summed E-state index contributed by atoms with van der Waals surface area (Å²) in [5, 5.41) is 8.28. The molecule has 2 atom stereocenters. The van der Waals surface area contributed by atoms with Gasteiger partial charge in [0.15, 0.2) is 0 Å². The van der Waals surface area contributed by atoms with Crippen LogP contribution in [0.2, 0.25) is 0 Å².